The van der Waals surface area contributed by atoms with E-state index < -0.39 is 0 Å². The van der Waals surface area contributed by atoms with Crippen LogP contribution in [0.4, 0.5) is 5.69 Å². The summed E-state index contributed by atoms with van der Waals surface area (Å²) in [5.74, 6) is 0.391. The summed E-state index contributed by atoms with van der Waals surface area (Å²) in [6.07, 6.45) is 0. The number of rotatable bonds is 3. The van der Waals surface area contributed by atoms with Gasteiger partial charge in [0.1, 0.15) is 5.84 Å². The minimum absolute atomic E-state index is 0.165. The van der Waals surface area contributed by atoms with Crippen molar-refractivity contribution < 1.29 is 4.79 Å². The molecule has 0 saturated carbocycles. The van der Waals surface area contributed by atoms with Gasteiger partial charge in [-0.2, -0.15) is 0 Å². The molecule has 0 aromatic heterocycles. The van der Waals surface area contributed by atoms with Gasteiger partial charge in [-0.1, -0.05) is 65.2 Å². The number of aliphatic imine (C=N–C) groups is 1. The lowest BCUT2D eigenvalue weighted by Gasteiger charge is -2.13. The monoisotopic (exact) mass is 370 g/mol. The summed E-state index contributed by atoms with van der Waals surface area (Å²) < 4.78 is 0. The number of nitrogens with zero attached hydrogens (tertiary/aromatic N) is 1. The summed E-state index contributed by atoms with van der Waals surface area (Å²) in [6, 6.07) is 19.8. The van der Waals surface area contributed by atoms with Gasteiger partial charge in [-0.05, 0) is 57.9 Å². The first-order valence-corrected chi connectivity index (χ1v) is 9.45. The first-order chi connectivity index (χ1) is 13.3. The van der Waals surface area contributed by atoms with Crippen LogP contribution in [0.25, 0.3) is 0 Å². The number of hydrogen-bond acceptors (Lipinski definition) is 2. The van der Waals surface area contributed by atoms with Crippen LogP contribution in [0.2, 0.25) is 0 Å². The molecule has 0 atom stereocenters. The lowest BCUT2D eigenvalue weighted by atomic mass is 10.0. The Hall–Kier alpha value is -3.20. The van der Waals surface area contributed by atoms with Crippen LogP contribution in [-0.4, -0.2) is 11.7 Å². The molecule has 0 spiro atoms. The van der Waals surface area contributed by atoms with E-state index >= 15 is 0 Å². The third-order valence-electron chi connectivity index (χ3n) is 4.73. The van der Waals surface area contributed by atoms with Crippen molar-refractivity contribution in [1.82, 2.24) is 5.32 Å². The zero-order valence-corrected chi connectivity index (χ0v) is 17.1. The Morgan fingerprint density at radius 1 is 0.679 bits per heavy atom. The maximum Gasteiger partial charge on any atom is 0.256 e. The molecule has 28 heavy (non-hydrogen) atoms. The second-order valence-corrected chi connectivity index (χ2v) is 7.39. The van der Waals surface area contributed by atoms with Crippen molar-refractivity contribution in [3.63, 3.8) is 0 Å². The van der Waals surface area contributed by atoms with Gasteiger partial charge in [0.15, 0.2) is 0 Å². The predicted octanol–water partition coefficient (Wildman–Crippen LogP) is 5.74. The molecular formula is C25H26N2O. The Morgan fingerprint density at radius 2 is 1.14 bits per heavy atom. The molecule has 0 bridgehead atoms. The summed E-state index contributed by atoms with van der Waals surface area (Å²) in [4.78, 5) is 17.7. The Labute approximate surface area is 167 Å². The molecule has 1 N–H and O–H groups in total. The molecule has 0 saturated heterocycles. The fourth-order valence-electron chi connectivity index (χ4n) is 3.22. The Balaban J connectivity index is 2.04. The number of carbonyl (C=O) groups is 1. The SMILES string of the molecule is Cc1ccc(C(=O)NC(=Nc2c(C)cc(C)cc2C)c2ccc(C)cc2)cc1. The molecule has 142 valence electrons. The van der Waals surface area contributed by atoms with Gasteiger partial charge in [-0.25, -0.2) is 4.99 Å². The molecule has 0 aliphatic heterocycles. The molecule has 0 aliphatic carbocycles. The smallest absolute Gasteiger partial charge is 0.256 e. The van der Waals surface area contributed by atoms with Crippen molar-refractivity contribution in [2.75, 3.05) is 0 Å². The molecule has 0 unspecified atom stereocenters. The van der Waals surface area contributed by atoms with Gasteiger partial charge in [0.2, 0.25) is 0 Å². The number of aryl methyl sites for hydroxylation is 5. The maximum atomic E-state index is 12.8. The summed E-state index contributed by atoms with van der Waals surface area (Å²) in [7, 11) is 0. The molecule has 0 fully saturated rings. The van der Waals surface area contributed by atoms with Crippen molar-refractivity contribution in [2.24, 2.45) is 4.99 Å². The standard InChI is InChI=1S/C25H26N2O/c1-16-6-10-21(11-7-16)24(26-23-19(4)14-18(3)15-20(23)5)27-25(28)22-12-8-17(2)9-13-22/h6-15H,1-5H3,(H,26,27,28). The summed E-state index contributed by atoms with van der Waals surface area (Å²) in [6.45, 7) is 10.2. The quantitative estimate of drug-likeness (QED) is 0.464. The second-order valence-electron chi connectivity index (χ2n) is 7.39. The van der Waals surface area contributed by atoms with E-state index in [1.807, 2.05) is 76.2 Å². The van der Waals surface area contributed by atoms with E-state index in [0.29, 0.717) is 11.4 Å². The summed E-state index contributed by atoms with van der Waals surface area (Å²) in [5, 5.41) is 3.02. The van der Waals surface area contributed by atoms with Crippen molar-refractivity contribution in [2.45, 2.75) is 34.6 Å². The van der Waals surface area contributed by atoms with E-state index in [0.717, 1.165) is 33.5 Å². The van der Waals surface area contributed by atoms with E-state index in [1.54, 1.807) is 0 Å². The third kappa shape index (κ3) is 4.55. The maximum absolute atomic E-state index is 12.8. The number of carbonyl (C=O) groups excluding carboxylic acids is 1. The molecule has 1 amide bonds. The molecule has 0 heterocycles. The third-order valence-corrected chi connectivity index (χ3v) is 4.73. The van der Waals surface area contributed by atoms with Gasteiger partial charge in [0.05, 0.1) is 5.69 Å². The van der Waals surface area contributed by atoms with E-state index in [9.17, 15) is 4.79 Å². The number of hydrogen-bond donors (Lipinski definition) is 1. The van der Waals surface area contributed by atoms with Crippen molar-refractivity contribution in [1.29, 1.82) is 0 Å². The van der Waals surface area contributed by atoms with Gasteiger partial charge in [0, 0.05) is 11.1 Å². The van der Waals surface area contributed by atoms with Crippen LogP contribution < -0.4 is 5.32 Å². The normalized spacial score (nSPS) is 11.4. The largest absolute Gasteiger partial charge is 0.306 e. The van der Waals surface area contributed by atoms with Crippen LogP contribution >= 0.6 is 0 Å². The van der Waals surface area contributed by atoms with Crippen LogP contribution in [-0.2, 0) is 0 Å². The highest BCUT2D eigenvalue weighted by atomic mass is 16.1. The lowest BCUT2D eigenvalue weighted by molar-refractivity contribution is 0.0977. The van der Waals surface area contributed by atoms with Gasteiger partial charge < -0.3 is 5.32 Å². The summed E-state index contributed by atoms with van der Waals surface area (Å²) >= 11 is 0. The van der Waals surface area contributed by atoms with Gasteiger partial charge >= 0.3 is 0 Å². The fourth-order valence-corrected chi connectivity index (χ4v) is 3.22. The highest BCUT2D eigenvalue weighted by molar-refractivity contribution is 6.13. The Kier molecular flexibility index (Phi) is 5.74. The lowest BCUT2D eigenvalue weighted by Crippen LogP contribution is -2.31. The minimum atomic E-state index is -0.165. The first-order valence-electron chi connectivity index (χ1n) is 9.45. The summed E-state index contributed by atoms with van der Waals surface area (Å²) in [5.41, 5.74) is 8.05. The number of amidine groups is 1. The van der Waals surface area contributed by atoms with E-state index in [-0.39, 0.29) is 5.91 Å². The zero-order chi connectivity index (χ0) is 20.3. The van der Waals surface area contributed by atoms with Crippen molar-refractivity contribution >= 4 is 17.4 Å². The average Bonchev–Trinajstić information content (AvgIpc) is 2.64. The zero-order valence-electron chi connectivity index (χ0n) is 17.1. The van der Waals surface area contributed by atoms with Crippen molar-refractivity contribution in [3.05, 3.63) is 99.6 Å². The first kappa shape index (κ1) is 19.6. The number of benzene rings is 3. The molecule has 3 nitrogen and oxygen atoms in total. The average molecular weight is 370 g/mol. The molecular weight excluding hydrogens is 344 g/mol. The Bertz CT molecular complexity index is 1010. The molecule has 3 heteroatoms. The van der Waals surface area contributed by atoms with Crippen molar-refractivity contribution in [3.8, 4) is 0 Å². The van der Waals surface area contributed by atoms with Crippen LogP contribution in [0.3, 0.4) is 0 Å². The molecule has 3 aromatic carbocycles. The van der Waals surface area contributed by atoms with Crippen LogP contribution in [0.5, 0.6) is 0 Å². The highest BCUT2D eigenvalue weighted by Crippen LogP contribution is 2.26. The highest BCUT2D eigenvalue weighted by Gasteiger charge is 2.13. The molecule has 0 radical (unpaired) electrons. The number of nitrogens with one attached hydrogen (secondary N) is 1. The van der Waals surface area contributed by atoms with Crippen LogP contribution in [0.15, 0.2) is 65.7 Å². The second kappa shape index (κ2) is 8.22. The van der Waals surface area contributed by atoms with E-state index in [1.165, 1.54) is 5.56 Å². The Morgan fingerprint density at radius 3 is 1.64 bits per heavy atom. The van der Waals surface area contributed by atoms with Gasteiger partial charge in [-0.15, -0.1) is 0 Å². The van der Waals surface area contributed by atoms with Gasteiger partial charge in [-0.3, -0.25) is 4.79 Å². The van der Waals surface area contributed by atoms with Gasteiger partial charge in [0.25, 0.3) is 5.91 Å². The van der Waals surface area contributed by atoms with E-state index in [4.69, 9.17) is 4.99 Å². The molecule has 3 aromatic rings. The minimum Gasteiger partial charge on any atom is -0.306 e. The number of amides is 1. The molecule has 0 aliphatic rings. The van der Waals surface area contributed by atoms with Crippen LogP contribution in [0.1, 0.15) is 43.7 Å². The topological polar surface area (TPSA) is 41.5 Å². The molecule has 3 rings (SSSR count). The fraction of sp³-hybridized carbons (Fsp3) is 0.200. The predicted molar refractivity (Wildman–Crippen MR) is 117 cm³/mol. The van der Waals surface area contributed by atoms with Crippen LogP contribution in [0, 0.1) is 34.6 Å². The van der Waals surface area contributed by atoms with E-state index in [2.05, 4.69) is 24.4 Å².